The van der Waals surface area contributed by atoms with Crippen molar-refractivity contribution in [2.24, 2.45) is 0 Å². The number of rotatable bonds is 8. The molecule has 1 N–H and O–H groups in total. The number of hydrogen-bond donors (Lipinski definition) is 1. The number of morpholine rings is 1. The Kier molecular flexibility index (Phi) is 7.73. The van der Waals surface area contributed by atoms with Crippen molar-refractivity contribution in [1.82, 2.24) is 29.4 Å². The number of hydrogen-bond acceptors (Lipinski definition) is 7. The molecule has 0 aliphatic carbocycles. The van der Waals surface area contributed by atoms with Crippen molar-refractivity contribution in [1.29, 1.82) is 0 Å². The second kappa shape index (κ2) is 11.2. The van der Waals surface area contributed by atoms with Gasteiger partial charge >= 0.3 is 0 Å². The summed E-state index contributed by atoms with van der Waals surface area (Å²) >= 11 is 1.37. The number of amides is 1. The molecule has 0 radical (unpaired) electrons. The summed E-state index contributed by atoms with van der Waals surface area (Å²) in [5, 5.41) is 9.66. The van der Waals surface area contributed by atoms with Crippen LogP contribution < -0.4 is 10.9 Å². The molecule has 1 amide bonds. The number of benzene rings is 1. The molecule has 1 aliphatic rings. The summed E-state index contributed by atoms with van der Waals surface area (Å²) in [6, 6.07) is 8.17. The number of ether oxygens (including phenoxy) is 1. The quantitative estimate of drug-likeness (QED) is 0.349. The third-order valence-corrected chi connectivity index (χ3v) is 7.85. The molecule has 1 aliphatic heterocycles. The number of carbonyl (C=O) groups is 1. The number of nitrogens with zero attached hydrogens (tertiary/aromatic N) is 5. The lowest BCUT2D eigenvalue weighted by atomic mass is 10.1. The van der Waals surface area contributed by atoms with E-state index in [4.69, 9.17) is 14.8 Å². The summed E-state index contributed by atoms with van der Waals surface area (Å²) in [5.74, 6) is -0.101. The predicted molar refractivity (Wildman–Crippen MR) is 149 cm³/mol. The van der Waals surface area contributed by atoms with Crippen molar-refractivity contribution >= 4 is 22.2 Å². The SMILES string of the molecule is Cc1ccc(C)c(-n2nc(-c3c(C)nc4scc(CC(=O)NCCCN5CCOCC5)n4c3=O)cc2C)c1. The number of carbonyl (C=O) groups excluding carboxylic acids is 1. The van der Waals surface area contributed by atoms with Crippen molar-refractivity contribution in [3.8, 4) is 16.9 Å². The summed E-state index contributed by atoms with van der Waals surface area (Å²) in [6.45, 7) is 12.9. The Bertz CT molecular complexity index is 1530. The van der Waals surface area contributed by atoms with E-state index in [1.807, 2.05) is 30.0 Å². The van der Waals surface area contributed by atoms with Crippen LogP contribution in [-0.4, -0.2) is 69.4 Å². The van der Waals surface area contributed by atoms with Gasteiger partial charge in [0.05, 0.1) is 36.6 Å². The van der Waals surface area contributed by atoms with Gasteiger partial charge in [-0.25, -0.2) is 9.67 Å². The van der Waals surface area contributed by atoms with E-state index < -0.39 is 0 Å². The minimum Gasteiger partial charge on any atom is -0.379 e. The Morgan fingerprint density at radius 3 is 2.71 bits per heavy atom. The zero-order chi connectivity index (χ0) is 26.8. The maximum Gasteiger partial charge on any atom is 0.268 e. The molecule has 0 bridgehead atoms. The van der Waals surface area contributed by atoms with E-state index in [1.54, 1.807) is 4.40 Å². The second-order valence-electron chi connectivity index (χ2n) is 9.93. The molecule has 200 valence electrons. The first kappa shape index (κ1) is 26.3. The van der Waals surface area contributed by atoms with Gasteiger partial charge in [0.25, 0.3) is 5.56 Å². The van der Waals surface area contributed by atoms with Gasteiger partial charge in [-0.15, -0.1) is 11.3 Å². The zero-order valence-electron chi connectivity index (χ0n) is 22.4. The summed E-state index contributed by atoms with van der Waals surface area (Å²) in [5.41, 5.74) is 6.27. The fourth-order valence-corrected chi connectivity index (χ4v) is 5.82. The van der Waals surface area contributed by atoms with Crippen LogP contribution in [0.3, 0.4) is 0 Å². The van der Waals surface area contributed by atoms with E-state index >= 15 is 0 Å². The first-order valence-corrected chi connectivity index (χ1v) is 13.9. The van der Waals surface area contributed by atoms with Crippen LogP contribution in [0.1, 0.15) is 34.6 Å². The van der Waals surface area contributed by atoms with Gasteiger partial charge in [0.2, 0.25) is 5.91 Å². The molecule has 1 saturated heterocycles. The van der Waals surface area contributed by atoms with Crippen LogP contribution in [0.2, 0.25) is 0 Å². The number of nitrogens with one attached hydrogen (secondary N) is 1. The molecular weight excluding hydrogens is 500 g/mol. The minimum absolute atomic E-state index is 0.101. The van der Waals surface area contributed by atoms with Crippen LogP contribution in [0, 0.1) is 27.7 Å². The zero-order valence-corrected chi connectivity index (χ0v) is 23.2. The maximum atomic E-state index is 13.8. The molecular formula is C28H34N6O3S. The maximum absolute atomic E-state index is 13.8. The lowest BCUT2D eigenvalue weighted by Gasteiger charge is -2.26. The van der Waals surface area contributed by atoms with Crippen molar-refractivity contribution in [3.05, 3.63) is 68.2 Å². The highest BCUT2D eigenvalue weighted by atomic mass is 32.1. The van der Waals surface area contributed by atoms with Gasteiger partial charge in [-0.05, 0) is 63.9 Å². The van der Waals surface area contributed by atoms with Gasteiger partial charge in [0, 0.05) is 36.4 Å². The largest absolute Gasteiger partial charge is 0.379 e. The highest BCUT2D eigenvalue weighted by molar-refractivity contribution is 7.15. The molecule has 5 rings (SSSR count). The highest BCUT2D eigenvalue weighted by Gasteiger charge is 2.20. The molecule has 1 fully saturated rings. The molecule has 0 unspecified atom stereocenters. The smallest absolute Gasteiger partial charge is 0.268 e. The topological polar surface area (TPSA) is 93.8 Å². The van der Waals surface area contributed by atoms with Gasteiger partial charge in [0.1, 0.15) is 5.69 Å². The van der Waals surface area contributed by atoms with Crippen LogP contribution in [0.15, 0.2) is 34.4 Å². The van der Waals surface area contributed by atoms with E-state index in [1.165, 1.54) is 11.3 Å². The van der Waals surface area contributed by atoms with E-state index in [9.17, 15) is 9.59 Å². The van der Waals surface area contributed by atoms with Gasteiger partial charge in [-0.3, -0.25) is 18.9 Å². The fraction of sp³-hybridized carbons (Fsp3) is 0.429. The van der Waals surface area contributed by atoms with Crippen LogP contribution in [0.25, 0.3) is 21.9 Å². The van der Waals surface area contributed by atoms with Crippen molar-refractivity contribution in [2.45, 2.75) is 40.5 Å². The number of fused-ring (bicyclic) bond motifs is 1. The summed E-state index contributed by atoms with van der Waals surface area (Å²) in [4.78, 5) is 34.1. The van der Waals surface area contributed by atoms with Gasteiger partial charge in [0.15, 0.2) is 4.96 Å². The lowest BCUT2D eigenvalue weighted by Crippen LogP contribution is -2.38. The third-order valence-electron chi connectivity index (χ3n) is 6.98. The molecule has 4 heterocycles. The average molecular weight is 535 g/mol. The molecule has 4 aromatic rings. The Morgan fingerprint density at radius 1 is 1.13 bits per heavy atom. The Hall–Kier alpha value is -3.34. The highest BCUT2D eigenvalue weighted by Crippen LogP contribution is 2.25. The van der Waals surface area contributed by atoms with Gasteiger partial charge < -0.3 is 10.1 Å². The lowest BCUT2D eigenvalue weighted by molar-refractivity contribution is -0.120. The number of aryl methyl sites for hydroxylation is 4. The Labute approximate surface area is 226 Å². The first-order chi connectivity index (χ1) is 18.3. The standard InChI is InChI=1S/C28H34N6O3S/c1-18-6-7-19(2)24(14-18)34-20(3)15-23(31-34)26-21(4)30-28-33(27(26)36)22(17-38-28)16-25(35)29-8-5-9-32-10-12-37-13-11-32/h6-7,14-15,17H,5,8-13,16H2,1-4H3,(H,29,35). The van der Waals surface area contributed by atoms with Crippen LogP contribution in [0.4, 0.5) is 0 Å². The summed E-state index contributed by atoms with van der Waals surface area (Å²) in [6.07, 6.45) is 1.00. The van der Waals surface area contributed by atoms with Crippen molar-refractivity contribution in [2.75, 3.05) is 39.4 Å². The summed E-state index contributed by atoms with van der Waals surface area (Å²) in [7, 11) is 0. The second-order valence-corrected chi connectivity index (χ2v) is 10.8. The van der Waals surface area contributed by atoms with E-state index in [-0.39, 0.29) is 17.9 Å². The van der Waals surface area contributed by atoms with Crippen LogP contribution in [0.5, 0.6) is 0 Å². The average Bonchev–Trinajstić information content (AvgIpc) is 3.47. The molecule has 0 spiro atoms. The fourth-order valence-electron chi connectivity index (χ4n) is 4.89. The molecule has 38 heavy (non-hydrogen) atoms. The molecule has 0 atom stereocenters. The number of aromatic nitrogens is 4. The van der Waals surface area contributed by atoms with Crippen LogP contribution in [-0.2, 0) is 16.0 Å². The van der Waals surface area contributed by atoms with E-state index in [2.05, 4.69) is 42.3 Å². The van der Waals surface area contributed by atoms with E-state index in [0.29, 0.717) is 34.2 Å². The minimum atomic E-state index is -0.200. The normalized spacial score (nSPS) is 14.3. The molecule has 9 nitrogen and oxygen atoms in total. The Morgan fingerprint density at radius 2 is 1.92 bits per heavy atom. The molecule has 3 aromatic heterocycles. The van der Waals surface area contributed by atoms with Gasteiger partial charge in [-0.2, -0.15) is 5.10 Å². The molecule has 0 saturated carbocycles. The van der Waals surface area contributed by atoms with E-state index in [0.717, 1.165) is 61.8 Å². The van der Waals surface area contributed by atoms with Crippen molar-refractivity contribution in [3.63, 3.8) is 0 Å². The molecule has 1 aromatic carbocycles. The van der Waals surface area contributed by atoms with Crippen LogP contribution >= 0.6 is 11.3 Å². The third kappa shape index (κ3) is 5.43. The Balaban J connectivity index is 1.36. The summed E-state index contributed by atoms with van der Waals surface area (Å²) < 4.78 is 8.82. The molecule has 10 heteroatoms. The number of thiazole rings is 1. The van der Waals surface area contributed by atoms with Crippen molar-refractivity contribution < 1.29 is 9.53 Å². The first-order valence-electron chi connectivity index (χ1n) is 13.0. The predicted octanol–water partition coefficient (Wildman–Crippen LogP) is 3.22. The monoisotopic (exact) mass is 534 g/mol. The van der Waals surface area contributed by atoms with Gasteiger partial charge in [-0.1, -0.05) is 12.1 Å².